The molecule has 0 radical (unpaired) electrons. The number of aliphatic hydroxyl groups excluding tert-OH is 1. The summed E-state index contributed by atoms with van der Waals surface area (Å²) in [5, 5.41) is 9.23. The molecule has 0 aliphatic heterocycles. The maximum atomic E-state index is 12.6. The Morgan fingerprint density at radius 3 is 2.80 bits per heavy atom. The monoisotopic (exact) mass is 237 g/mol. The first-order valence-corrected chi connectivity index (χ1v) is 5.50. The predicted octanol–water partition coefficient (Wildman–Crippen LogP) is 2.62. The fourth-order valence-electron chi connectivity index (χ4n) is 1.85. The van der Waals surface area contributed by atoms with Crippen molar-refractivity contribution in [1.82, 2.24) is 4.98 Å². The number of hydrogen-bond donors (Lipinski definition) is 1. The Morgan fingerprint density at radius 2 is 2.20 bits per heavy atom. The SMILES string of the molecule is OCc1nc2c(s1)C(C(F)(F)F)CCC2. The van der Waals surface area contributed by atoms with E-state index in [0.29, 0.717) is 28.4 Å². The summed E-state index contributed by atoms with van der Waals surface area (Å²) in [5.74, 6) is -1.38. The van der Waals surface area contributed by atoms with Crippen LogP contribution >= 0.6 is 11.3 Å². The Bertz CT molecular complexity index is 361. The molecule has 0 bridgehead atoms. The van der Waals surface area contributed by atoms with E-state index in [4.69, 9.17) is 5.11 Å². The first-order valence-electron chi connectivity index (χ1n) is 4.68. The van der Waals surface area contributed by atoms with Crippen LogP contribution < -0.4 is 0 Å². The topological polar surface area (TPSA) is 33.1 Å². The van der Waals surface area contributed by atoms with Crippen molar-refractivity contribution in [2.75, 3.05) is 0 Å². The standard InChI is InChI=1S/C9H10F3NOS/c10-9(11,12)5-2-1-3-6-8(5)15-7(4-14)13-6/h5,14H,1-4H2. The average Bonchev–Trinajstić information content (AvgIpc) is 2.57. The van der Waals surface area contributed by atoms with E-state index in [9.17, 15) is 13.2 Å². The third kappa shape index (κ3) is 2.01. The van der Waals surface area contributed by atoms with Crippen LogP contribution in [0, 0.1) is 0 Å². The summed E-state index contributed by atoms with van der Waals surface area (Å²) in [6, 6.07) is 0. The van der Waals surface area contributed by atoms with E-state index < -0.39 is 12.1 Å². The Hall–Kier alpha value is -0.620. The van der Waals surface area contributed by atoms with Crippen LogP contribution in [-0.2, 0) is 13.0 Å². The number of aryl methyl sites for hydroxylation is 1. The quantitative estimate of drug-likeness (QED) is 0.814. The Labute approximate surface area is 88.8 Å². The van der Waals surface area contributed by atoms with Gasteiger partial charge in [-0.3, -0.25) is 0 Å². The highest BCUT2D eigenvalue weighted by atomic mass is 32.1. The number of rotatable bonds is 1. The molecule has 0 amide bonds. The summed E-state index contributed by atoms with van der Waals surface area (Å²) in [5.41, 5.74) is 0.526. The van der Waals surface area contributed by atoms with E-state index in [0.717, 1.165) is 11.3 Å². The maximum absolute atomic E-state index is 12.6. The maximum Gasteiger partial charge on any atom is 0.396 e. The zero-order valence-electron chi connectivity index (χ0n) is 7.84. The van der Waals surface area contributed by atoms with Crippen LogP contribution in [0.4, 0.5) is 13.2 Å². The molecule has 1 aromatic rings. The van der Waals surface area contributed by atoms with Gasteiger partial charge in [0.2, 0.25) is 0 Å². The third-order valence-electron chi connectivity index (χ3n) is 2.53. The van der Waals surface area contributed by atoms with Gasteiger partial charge in [0.15, 0.2) is 0 Å². The van der Waals surface area contributed by atoms with Crippen molar-refractivity contribution < 1.29 is 18.3 Å². The fourth-order valence-corrected chi connectivity index (χ4v) is 2.98. The van der Waals surface area contributed by atoms with Crippen LogP contribution in [0.15, 0.2) is 0 Å². The van der Waals surface area contributed by atoms with Gasteiger partial charge >= 0.3 is 6.18 Å². The molecule has 6 heteroatoms. The molecule has 1 aromatic heterocycles. The van der Waals surface area contributed by atoms with Crippen molar-refractivity contribution in [3.8, 4) is 0 Å². The van der Waals surface area contributed by atoms with Gasteiger partial charge in [-0.25, -0.2) is 4.98 Å². The summed E-state index contributed by atoms with van der Waals surface area (Å²) in [4.78, 5) is 4.31. The van der Waals surface area contributed by atoms with Gasteiger partial charge in [-0.1, -0.05) is 0 Å². The third-order valence-corrected chi connectivity index (χ3v) is 3.72. The predicted molar refractivity (Wildman–Crippen MR) is 49.8 cm³/mol. The number of fused-ring (bicyclic) bond motifs is 1. The highest BCUT2D eigenvalue weighted by Gasteiger charge is 2.44. The largest absolute Gasteiger partial charge is 0.396 e. The van der Waals surface area contributed by atoms with Crippen LogP contribution in [0.25, 0.3) is 0 Å². The minimum Gasteiger partial charge on any atom is -0.389 e. The molecule has 1 heterocycles. The van der Waals surface area contributed by atoms with E-state index in [1.54, 1.807) is 0 Å². The molecule has 1 unspecified atom stereocenters. The van der Waals surface area contributed by atoms with E-state index in [1.807, 2.05) is 0 Å². The number of halogens is 3. The Kier molecular flexibility index (Phi) is 2.72. The van der Waals surface area contributed by atoms with Crippen molar-refractivity contribution in [2.24, 2.45) is 0 Å². The average molecular weight is 237 g/mol. The zero-order chi connectivity index (χ0) is 11.1. The van der Waals surface area contributed by atoms with Gasteiger partial charge in [0, 0.05) is 4.88 Å². The van der Waals surface area contributed by atoms with Crippen molar-refractivity contribution >= 4 is 11.3 Å². The summed E-state index contributed by atoms with van der Waals surface area (Å²) in [7, 11) is 0. The van der Waals surface area contributed by atoms with Gasteiger partial charge in [0.05, 0.1) is 18.2 Å². The molecule has 15 heavy (non-hydrogen) atoms. The molecule has 2 rings (SSSR count). The molecule has 0 saturated carbocycles. The number of aromatic nitrogens is 1. The number of alkyl halides is 3. The normalized spacial score (nSPS) is 21.5. The van der Waals surface area contributed by atoms with E-state index in [2.05, 4.69) is 4.98 Å². The Morgan fingerprint density at radius 1 is 1.47 bits per heavy atom. The smallest absolute Gasteiger partial charge is 0.389 e. The summed E-state index contributed by atoms with van der Waals surface area (Å²) in [6.07, 6.45) is -2.93. The molecule has 84 valence electrons. The molecule has 0 aromatic carbocycles. The van der Waals surface area contributed by atoms with Crippen molar-refractivity contribution in [1.29, 1.82) is 0 Å². The van der Waals surface area contributed by atoms with E-state index in [1.165, 1.54) is 0 Å². The lowest BCUT2D eigenvalue weighted by molar-refractivity contribution is -0.152. The molecule has 2 nitrogen and oxygen atoms in total. The second-order valence-corrected chi connectivity index (χ2v) is 4.68. The molecular formula is C9H10F3NOS. The van der Waals surface area contributed by atoms with Gasteiger partial charge in [0.1, 0.15) is 5.01 Å². The number of nitrogens with zero attached hydrogens (tertiary/aromatic N) is 1. The van der Waals surface area contributed by atoms with E-state index in [-0.39, 0.29) is 13.0 Å². The lowest BCUT2D eigenvalue weighted by Gasteiger charge is -2.23. The highest BCUT2D eigenvalue weighted by Crippen LogP contribution is 2.45. The zero-order valence-corrected chi connectivity index (χ0v) is 8.66. The van der Waals surface area contributed by atoms with E-state index >= 15 is 0 Å². The molecule has 0 fully saturated rings. The minimum absolute atomic E-state index is 0.142. The molecule has 0 spiro atoms. The highest BCUT2D eigenvalue weighted by molar-refractivity contribution is 7.11. The molecule has 1 aliphatic carbocycles. The lowest BCUT2D eigenvalue weighted by Crippen LogP contribution is -2.23. The van der Waals surface area contributed by atoms with Gasteiger partial charge in [-0.15, -0.1) is 11.3 Å². The van der Waals surface area contributed by atoms with Gasteiger partial charge < -0.3 is 5.11 Å². The molecule has 1 aliphatic rings. The second-order valence-electron chi connectivity index (χ2n) is 3.56. The summed E-state index contributed by atoms with van der Waals surface area (Å²) >= 11 is 0.989. The fraction of sp³-hybridized carbons (Fsp3) is 0.667. The summed E-state index contributed by atoms with van der Waals surface area (Å²) in [6.45, 7) is -0.276. The Balaban J connectivity index is 2.37. The summed E-state index contributed by atoms with van der Waals surface area (Å²) < 4.78 is 37.9. The number of thiazole rings is 1. The molecule has 0 saturated heterocycles. The lowest BCUT2D eigenvalue weighted by atomic mass is 9.91. The van der Waals surface area contributed by atoms with Crippen LogP contribution in [0.5, 0.6) is 0 Å². The number of aliphatic hydroxyl groups is 1. The molecule has 1 atom stereocenters. The van der Waals surface area contributed by atoms with Crippen LogP contribution in [0.2, 0.25) is 0 Å². The molecule has 1 N–H and O–H groups in total. The number of hydrogen-bond acceptors (Lipinski definition) is 3. The van der Waals surface area contributed by atoms with Crippen LogP contribution in [0.1, 0.15) is 34.3 Å². The van der Waals surface area contributed by atoms with Crippen molar-refractivity contribution in [3.63, 3.8) is 0 Å². The van der Waals surface area contributed by atoms with Gasteiger partial charge in [-0.05, 0) is 19.3 Å². The van der Waals surface area contributed by atoms with Crippen LogP contribution in [0.3, 0.4) is 0 Å². The molecular weight excluding hydrogens is 227 g/mol. The van der Waals surface area contributed by atoms with Crippen LogP contribution in [-0.4, -0.2) is 16.3 Å². The van der Waals surface area contributed by atoms with Gasteiger partial charge in [-0.2, -0.15) is 13.2 Å². The first kappa shape index (κ1) is 10.9. The minimum atomic E-state index is -4.19. The van der Waals surface area contributed by atoms with Crippen molar-refractivity contribution in [2.45, 2.75) is 38.0 Å². The second kappa shape index (κ2) is 3.75. The van der Waals surface area contributed by atoms with Crippen molar-refractivity contribution in [3.05, 3.63) is 15.6 Å². The first-order chi connectivity index (χ1) is 7.02. The van der Waals surface area contributed by atoms with Gasteiger partial charge in [0.25, 0.3) is 0 Å².